The standard InChI is InChI=1S/C11H14F2N2O3/c1-7(2)18-10-5-8(14-6-11(12)13)3-4-9(10)15(16)17/h3-5,7,11,14H,6H2,1-2H3. The summed E-state index contributed by atoms with van der Waals surface area (Å²) in [5, 5.41) is 13.2. The molecule has 5 nitrogen and oxygen atoms in total. The minimum atomic E-state index is -2.49. The Bertz CT molecular complexity index is 425. The third-order valence-corrected chi connectivity index (χ3v) is 1.98. The Hall–Kier alpha value is -1.92. The Labute approximate surface area is 103 Å². The molecule has 1 N–H and O–H groups in total. The maximum atomic E-state index is 12.0. The van der Waals surface area contributed by atoms with Gasteiger partial charge in [0.05, 0.1) is 17.6 Å². The second-order valence-corrected chi connectivity index (χ2v) is 3.88. The SMILES string of the molecule is CC(C)Oc1cc(NCC(F)F)ccc1[N+](=O)[O-]. The van der Waals surface area contributed by atoms with Crippen LogP contribution in [0.5, 0.6) is 5.75 Å². The van der Waals surface area contributed by atoms with Gasteiger partial charge in [-0.25, -0.2) is 8.78 Å². The van der Waals surface area contributed by atoms with E-state index in [2.05, 4.69) is 5.32 Å². The fraction of sp³-hybridized carbons (Fsp3) is 0.455. The van der Waals surface area contributed by atoms with Gasteiger partial charge in [-0.05, 0) is 19.9 Å². The molecule has 0 fully saturated rings. The predicted octanol–water partition coefficient (Wildman–Crippen LogP) is 3.06. The second-order valence-electron chi connectivity index (χ2n) is 3.88. The van der Waals surface area contributed by atoms with Crippen LogP contribution in [0.25, 0.3) is 0 Å². The maximum Gasteiger partial charge on any atom is 0.311 e. The zero-order valence-corrected chi connectivity index (χ0v) is 10.0. The van der Waals surface area contributed by atoms with Crippen LogP contribution in [0.2, 0.25) is 0 Å². The third-order valence-electron chi connectivity index (χ3n) is 1.98. The highest BCUT2D eigenvalue weighted by atomic mass is 19.3. The topological polar surface area (TPSA) is 64.4 Å². The summed E-state index contributed by atoms with van der Waals surface area (Å²) in [6.45, 7) is 2.94. The molecule has 100 valence electrons. The van der Waals surface area contributed by atoms with Gasteiger partial charge in [-0.3, -0.25) is 10.1 Å². The molecule has 7 heteroatoms. The van der Waals surface area contributed by atoms with Crippen LogP contribution in [0.4, 0.5) is 20.2 Å². The summed E-state index contributed by atoms with van der Waals surface area (Å²) >= 11 is 0. The van der Waals surface area contributed by atoms with Crippen molar-refractivity contribution in [2.45, 2.75) is 26.4 Å². The molecule has 0 bridgehead atoms. The summed E-state index contributed by atoms with van der Waals surface area (Å²) in [5.74, 6) is 0.0641. The predicted molar refractivity (Wildman–Crippen MR) is 63.4 cm³/mol. The molecule has 0 saturated heterocycles. The minimum absolute atomic E-state index is 0.0641. The Morgan fingerprint density at radius 1 is 1.44 bits per heavy atom. The van der Waals surface area contributed by atoms with Crippen molar-refractivity contribution < 1.29 is 18.4 Å². The summed E-state index contributed by atoms with van der Waals surface area (Å²) in [7, 11) is 0. The monoisotopic (exact) mass is 260 g/mol. The first-order valence-corrected chi connectivity index (χ1v) is 5.37. The Morgan fingerprint density at radius 2 is 2.11 bits per heavy atom. The number of hydrogen-bond donors (Lipinski definition) is 1. The smallest absolute Gasteiger partial charge is 0.311 e. The lowest BCUT2D eigenvalue weighted by Crippen LogP contribution is -2.11. The van der Waals surface area contributed by atoms with Gasteiger partial charge < -0.3 is 10.1 Å². The molecule has 1 rings (SSSR count). The summed E-state index contributed by atoms with van der Waals surface area (Å²) in [6, 6.07) is 3.94. The fourth-order valence-electron chi connectivity index (χ4n) is 1.32. The van der Waals surface area contributed by atoms with Crippen molar-refractivity contribution in [3.8, 4) is 5.75 Å². The van der Waals surface area contributed by atoms with Crippen LogP contribution in [0, 0.1) is 10.1 Å². The van der Waals surface area contributed by atoms with Gasteiger partial charge in [0.15, 0.2) is 5.75 Å². The third kappa shape index (κ3) is 4.15. The quantitative estimate of drug-likeness (QED) is 0.630. The molecule has 1 aromatic carbocycles. The van der Waals surface area contributed by atoms with Crippen molar-refractivity contribution in [3.63, 3.8) is 0 Å². The van der Waals surface area contributed by atoms with Gasteiger partial charge in [0.1, 0.15) is 0 Å². The number of nitrogens with one attached hydrogen (secondary N) is 1. The number of rotatable bonds is 6. The molecule has 0 atom stereocenters. The fourth-order valence-corrected chi connectivity index (χ4v) is 1.32. The number of hydrogen-bond acceptors (Lipinski definition) is 4. The zero-order chi connectivity index (χ0) is 13.7. The van der Waals surface area contributed by atoms with Crippen molar-refractivity contribution in [3.05, 3.63) is 28.3 Å². The molecule has 0 radical (unpaired) electrons. The van der Waals surface area contributed by atoms with Gasteiger partial charge in [-0.15, -0.1) is 0 Å². The van der Waals surface area contributed by atoms with Crippen LogP contribution in [0.15, 0.2) is 18.2 Å². The molecule has 0 amide bonds. The second kappa shape index (κ2) is 6.13. The maximum absolute atomic E-state index is 12.0. The molecular weight excluding hydrogens is 246 g/mol. The highest BCUT2D eigenvalue weighted by molar-refractivity contribution is 5.58. The molecule has 0 saturated carbocycles. The van der Waals surface area contributed by atoms with E-state index in [-0.39, 0.29) is 17.5 Å². The number of nitro groups is 1. The summed E-state index contributed by atoms with van der Waals surface area (Å²) in [5.41, 5.74) is 0.169. The van der Waals surface area contributed by atoms with Crippen molar-refractivity contribution >= 4 is 11.4 Å². The van der Waals surface area contributed by atoms with Crippen molar-refractivity contribution in [1.29, 1.82) is 0 Å². The van der Waals surface area contributed by atoms with E-state index in [4.69, 9.17) is 4.74 Å². The lowest BCUT2D eigenvalue weighted by atomic mass is 10.2. The highest BCUT2D eigenvalue weighted by Crippen LogP contribution is 2.30. The van der Waals surface area contributed by atoms with Crippen LogP contribution in [0.1, 0.15) is 13.8 Å². The van der Waals surface area contributed by atoms with E-state index in [9.17, 15) is 18.9 Å². The van der Waals surface area contributed by atoms with Crippen molar-refractivity contribution in [1.82, 2.24) is 0 Å². The first-order chi connectivity index (χ1) is 8.40. The van der Waals surface area contributed by atoms with Gasteiger partial charge in [-0.2, -0.15) is 0 Å². The molecule has 0 aliphatic heterocycles. The van der Waals surface area contributed by atoms with Crippen LogP contribution in [-0.2, 0) is 0 Å². The molecule has 1 aromatic rings. The van der Waals surface area contributed by atoms with Gasteiger partial charge >= 0.3 is 5.69 Å². The van der Waals surface area contributed by atoms with Crippen LogP contribution >= 0.6 is 0 Å². The van der Waals surface area contributed by atoms with E-state index in [1.54, 1.807) is 13.8 Å². The number of anilines is 1. The normalized spacial score (nSPS) is 10.8. The Morgan fingerprint density at radius 3 is 2.61 bits per heavy atom. The van der Waals surface area contributed by atoms with E-state index < -0.39 is 17.9 Å². The van der Waals surface area contributed by atoms with E-state index in [1.807, 2.05) is 0 Å². The summed E-state index contributed by atoms with van der Waals surface area (Å²) in [4.78, 5) is 10.2. The van der Waals surface area contributed by atoms with Gasteiger partial charge in [0.2, 0.25) is 0 Å². The number of alkyl halides is 2. The highest BCUT2D eigenvalue weighted by Gasteiger charge is 2.17. The number of nitrogens with zero attached hydrogens (tertiary/aromatic N) is 1. The molecule has 0 aliphatic carbocycles. The zero-order valence-electron chi connectivity index (χ0n) is 10.0. The summed E-state index contributed by atoms with van der Waals surface area (Å²) in [6.07, 6.45) is -2.73. The molecule has 0 unspecified atom stereocenters. The van der Waals surface area contributed by atoms with Crippen molar-refractivity contribution in [2.75, 3.05) is 11.9 Å². The number of halogens is 2. The van der Waals surface area contributed by atoms with Crippen LogP contribution in [0.3, 0.4) is 0 Å². The largest absolute Gasteiger partial charge is 0.484 e. The average Bonchev–Trinajstić information content (AvgIpc) is 2.25. The van der Waals surface area contributed by atoms with Crippen molar-refractivity contribution in [2.24, 2.45) is 0 Å². The first kappa shape index (κ1) is 14.1. The number of benzene rings is 1. The molecule has 0 spiro atoms. The van der Waals surface area contributed by atoms with E-state index in [0.717, 1.165) is 0 Å². The molecular formula is C11H14F2N2O3. The van der Waals surface area contributed by atoms with Crippen LogP contribution in [-0.4, -0.2) is 24.0 Å². The molecule has 0 heterocycles. The molecule has 0 aliphatic rings. The average molecular weight is 260 g/mol. The summed E-state index contributed by atoms with van der Waals surface area (Å²) < 4.78 is 29.4. The lowest BCUT2D eigenvalue weighted by molar-refractivity contribution is -0.386. The number of ether oxygens (including phenoxy) is 1. The Balaban J connectivity index is 2.93. The molecule has 18 heavy (non-hydrogen) atoms. The molecule has 0 aromatic heterocycles. The van der Waals surface area contributed by atoms with E-state index in [0.29, 0.717) is 5.69 Å². The lowest BCUT2D eigenvalue weighted by Gasteiger charge is -2.12. The van der Waals surface area contributed by atoms with E-state index in [1.165, 1.54) is 18.2 Å². The van der Waals surface area contributed by atoms with E-state index >= 15 is 0 Å². The van der Waals surface area contributed by atoms with Gasteiger partial charge in [0.25, 0.3) is 6.43 Å². The van der Waals surface area contributed by atoms with Crippen LogP contribution < -0.4 is 10.1 Å². The van der Waals surface area contributed by atoms with Gasteiger partial charge in [0, 0.05) is 17.8 Å². The van der Waals surface area contributed by atoms with Gasteiger partial charge in [-0.1, -0.05) is 0 Å². The Kier molecular flexibility index (Phi) is 4.82. The minimum Gasteiger partial charge on any atom is -0.484 e. The number of nitro benzene ring substituents is 1. The first-order valence-electron chi connectivity index (χ1n) is 5.37.